The van der Waals surface area contributed by atoms with Crippen LogP contribution < -0.4 is 0 Å². The van der Waals surface area contributed by atoms with Gasteiger partial charge in [-0.15, -0.1) is 0 Å². The van der Waals surface area contributed by atoms with E-state index in [0.29, 0.717) is 29.0 Å². The van der Waals surface area contributed by atoms with Gasteiger partial charge in [-0.3, -0.25) is 14.4 Å². The van der Waals surface area contributed by atoms with Crippen LogP contribution in [-0.4, -0.2) is 60.1 Å². The second-order valence-electron chi connectivity index (χ2n) is 5.52. The number of carbonyl (C=O) groups excluding carboxylic acids is 3. The number of esters is 1. The molecule has 2 fully saturated rings. The van der Waals surface area contributed by atoms with E-state index in [0.717, 1.165) is 26.2 Å². The fourth-order valence-corrected chi connectivity index (χ4v) is 2.63. The van der Waals surface area contributed by atoms with Crippen molar-refractivity contribution < 1.29 is 19.1 Å². The number of ether oxygens (including phenoxy) is 1. The van der Waals surface area contributed by atoms with Crippen LogP contribution in [0.1, 0.15) is 20.3 Å². The zero-order chi connectivity index (χ0) is 15.1. The van der Waals surface area contributed by atoms with Gasteiger partial charge >= 0.3 is 5.97 Å². The summed E-state index contributed by atoms with van der Waals surface area (Å²) < 4.78 is 4.93. The van der Waals surface area contributed by atoms with Crippen molar-refractivity contribution >= 4 is 17.5 Å². The lowest BCUT2D eigenvalue weighted by Crippen LogP contribution is -2.30. The van der Waals surface area contributed by atoms with Crippen molar-refractivity contribution in [3.05, 3.63) is 22.5 Å². The molecule has 0 radical (unpaired) electrons. The summed E-state index contributed by atoms with van der Waals surface area (Å²) in [5.74, 6) is -0.526. The number of hydrogen-bond donors (Lipinski definition) is 0. The average molecular weight is 290 g/mol. The van der Waals surface area contributed by atoms with Crippen LogP contribution in [0.15, 0.2) is 22.5 Å². The Morgan fingerprint density at radius 1 is 1.05 bits per heavy atom. The van der Waals surface area contributed by atoms with E-state index in [1.165, 1.54) is 6.92 Å². The number of rotatable bonds is 5. The molecule has 6 heteroatoms. The standard InChI is InChI=1S/C15H18N2O4/c1-9-12(16-4-5-16)15(20)11(3-8-21-10(2)18)13(14(9)19)17-6-7-17/h3-8H2,1-2H3. The van der Waals surface area contributed by atoms with Crippen LogP contribution in [-0.2, 0) is 19.1 Å². The van der Waals surface area contributed by atoms with Crippen LogP contribution in [0.2, 0.25) is 0 Å². The van der Waals surface area contributed by atoms with Crippen molar-refractivity contribution in [1.82, 2.24) is 9.80 Å². The summed E-state index contributed by atoms with van der Waals surface area (Å²) in [6.07, 6.45) is 0.292. The number of hydrogen-bond acceptors (Lipinski definition) is 6. The Morgan fingerprint density at radius 3 is 2.14 bits per heavy atom. The lowest BCUT2D eigenvalue weighted by molar-refractivity contribution is -0.141. The van der Waals surface area contributed by atoms with Crippen LogP contribution in [0.25, 0.3) is 0 Å². The first-order valence-electron chi connectivity index (χ1n) is 7.17. The molecule has 0 atom stereocenters. The molecule has 2 saturated heterocycles. The molecule has 2 heterocycles. The van der Waals surface area contributed by atoms with Crippen molar-refractivity contribution in [2.45, 2.75) is 20.3 Å². The number of Topliss-reactive ketones (excluding diaryl/α,β-unsaturated/α-hetero) is 2. The molecule has 3 rings (SSSR count). The van der Waals surface area contributed by atoms with Crippen LogP contribution in [0.3, 0.4) is 0 Å². The first-order chi connectivity index (χ1) is 10.0. The normalized spacial score (nSPS) is 21.2. The largest absolute Gasteiger partial charge is 0.466 e. The first kappa shape index (κ1) is 13.9. The lowest BCUT2D eigenvalue weighted by atomic mass is 9.89. The summed E-state index contributed by atoms with van der Waals surface area (Å²) in [4.78, 5) is 40.0. The monoisotopic (exact) mass is 290 g/mol. The van der Waals surface area contributed by atoms with E-state index in [1.807, 2.05) is 9.80 Å². The Hall–Kier alpha value is -2.11. The van der Waals surface area contributed by atoms with Crippen molar-refractivity contribution in [3.63, 3.8) is 0 Å². The maximum Gasteiger partial charge on any atom is 0.302 e. The van der Waals surface area contributed by atoms with Crippen LogP contribution in [0.5, 0.6) is 0 Å². The predicted molar refractivity (Wildman–Crippen MR) is 74.1 cm³/mol. The molecule has 0 amide bonds. The molecule has 0 aromatic heterocycles. The van der Waals surface area contributed by atoms with Gasteiger partial charge in [0.1, 0.15) is 0 Å². The highest BCUT2D eigenvalue weighted by Gasteiger charge is 2.41. The molecule has 0 aromatic carbocycles. The van der Waals surface area contributed by atoms with E-state index in [-0.39, 0.29) is 24.1 Å². The summed E-state index contributed by atoms with van der Waals surface area (Å²) in [5.41, 5.74) is 2.07. The van der Waals surface area contributed by atoms with Gasteiger partial charge in [0, 0.05) is 50.7 Å². The van der Waals surface area contributed by atoms with E-state index in [1.54, 1.807) is 6.92 Å². The number of ketones is 2. The molecule has 2 aliphatic heterocycles. The first-order valence-corrected chi connectivity index (χ1v) is 7.17. The van der Waals surface area contributed by atoms with Gasteiger partial charge in [-0.05, 0) is 6.92 Å². The zero-order valence-corrected chi connectivity index (χ0v) is 12.3. The van der Waals surface area contributed by atoms with Gasteiger partial charge in [0.2, 0.25) is 11.6 Å². The second-order valence-corrected chi connectivity index (χ2v) is 5.52. The van der Waals surface area contributed by atoms with Gasteiger partial charge in [0.25, 0.3) is 0 Å². The third-order valence-corrected chi connectivity index (χ3v) is 3.87. The Morgan fingerprint density at radius 2 is 1.62 bits per heavy atom. The highest BCUT2D eigenvalue weighted by Crippen LogP contribution is 2.34. The maximum atomic E-state index is 12.7. The van der Waals surface area contributed by atoms with Crippen LogP contribution in [0, 0.1) is 0 Å². The third-order valence-electron chi connectivity index (χ3n) is 3.87. The van der Waals surface area contributed by atoms with E-state index in [2.05, 4.69) is 0 Å². The van der Waals surface area contributed by atoms with E-state index >= 15 is 0 Å². The minimum absolute atomic E-state index is 0.0631. The summed E-state index contributed by atoms with van der Waals surface area (Å²) in [7, 11) is 0. The molecule has 0 unspecified atom stereocenters. The second kappa shape index (κ2) is 5.02. The molecule has 1 aliphatic carbocycles. The molecule has 0 bridgehead atoms. The van der Waals surface area contributed by atoms with Crippen LogP contribution >= 0.6 is 0 Å². The average Bonchev–Trinajstić information content (AvgIpc) is 3.27. The number of allylic oxidation sites excluding steroid dienone is 2. The summed E-state index contributed by atoms with van der Waals surface area (Å²) in [6.45, 7) is 6.44. The molecule has 0 saturated carbocycles. The minimum atomic E-state index is -0.378. The minimum Gasteiger partial charge on any atom is -0.466 e. The third kappa shape index (κ3) is 2.57. The topological polar surface area (TPSA) is 66.5 Å². The molecule has 21 heavy (non-hydrogen) atoms. The molecular formula is C15H18N2O4. The SMILES string of the molecule is CC(=O)OCCC1=C(N2CC2)C(=O)C(C)=C(N2CC2)C1=O. The Balaban J connectivity index is 1.89. The van der Waals surface area contributed by atoms with Gasteiger partial charge in [0.15, 0.2) is 0 Å². The fourth-order valence-electron chi connectivity index (χ4n) is 2.63. The molecule has 0 spiro atoms. The molecule has 0 N–H and O–H groups in total. The van der Waals surface area contributed by atoms with Crippen molar-refractivity contribution in [2.75, 3.05) is 32.8 Å². The molecule has 6 nitrogen and oxygen atoms in total. The van der Waals surface area contributed by atoms with Gasteiger partial charge in [0.05, 0.1) is 18.0 Å². The quantitative estimate of drug-likeness (QED) is 0.411. The lowest BCUT2D eigenvalue weighted by Gasteiger charge is -2.23. The van der Waals surface area contributed by atoms with Crippen LogP contribution in [0.4, 0.5) is 0 Å². The van der Waals surface area contributed by atoms with Crippen molar-refractivity contribution in [2.24, 2.45) is 0 Å². The van der Waals surface area contributed by atoms with E-state index < -0.39 is 0 Å². The summed E-state index contributed by atoms with van der Waals surface area (Å²) >= 11 is 0. The highest BCUT2D eigenvalue weighted by molar-refractivity contribution is 6.24. The molecule has 112 valence electrons. The van der Waals surface area contributed by atoms with E-state index in [9.17, 15) is 14.4 Å². The maximum absolute atomic E-state index is 12.7. The predicted octanol–water partition coefficient (Wildman–Crippen LogP) is 0.251. The molecular weight excluding hydrogens is 272 g/mol. The van der Waals surface area contributed by atoms with Gasteiger partial charge in [-0.25, -0.2) is 0 Å². The number of nitrogens with zero attached hydrogens (tertiary/aromatic N) is 2. The fraction of sp³-hybridized carbons (Fsp3) is 0.533. The Kier molecular flexibility index (Phi) is 3.31. The Labute approximate surface area is 123 Å². The highest BCUT2D eigenvalue weighted by atomic mass is 16.5. The van der Waals surface area contributed by atoms with Crippen molar-refractivity contribution in [3.8, 4) is 0 Å². The van der Waals surface area contributed by atoms with E-state index in [4.69, 9.17) is 4.74 Å². The van der Waals surface area contributed by atoms with Gasteiger partial charge < -0.3 is 14.5 Å². The smallest absolute Gasteiger partial charge is 0.302 e. The van der Waals surface area contributed by atoms with Crippen molar-refractivity contribution in [1.29, 1.82) is 0 Å². The summed E-state index contributed by atoms with van der Waals surface area (Å²) in [5, 5.41) is 0. The molecule has 3 aliphatic rings. The van der Waals surface area contributed by atoms with Gasteiger partial charge in [-0.1, -0.05) is 0 Å². The number of carbonyl (C=O) groups is 3. The summed E-state index contributed by atoms with van der Waals surface area (Å²) in [6, 6.07) is 0. The molecule has 0 aromatic rings. The van der Waals surface area contributed by atoms with Gasteiger partial charge in [-0.2, -0.15) is 0 Å². The Bertz CT molecular complexity index is 595. The zero-order valence-electron chi connectivity index (χ0n) is 12.3.